The van der Waals surface area contributed by atoms with Gasteiger partial charge in [0.15, 0.2) is 0 Å². The Hall–Kier alpha value is -0.720. The highest BCUT2D eigenvalue weighted by Gasteiger charge is 2.20. The minimum absolute atomic E-state index is 0.205. The lowest BCUT2D eigenvalue weighted by Crippen LogP contribution is -2.21. The standard InChI is InChI=1S/C14H16Br2N4/c1-9(14-19-18-13-3-2-6-20(13)14)17-8-10-4-5-11(15)12(16)7-10/h4-5,7,9,17H,2-3,6,8H2,1H3. The third kappa shape index (κ3) is 2.82. The van der Waals surface area contributed by atoms with Crippen LogP contribution in [0, 0.1) is 0 Å². The van der Waals surface area contributed by atoms with Gasteiger partial charge in [-0.15, -0.1) is 10.2 Å². The highest BCUT2D eigenvalue weighted by molar-refractivity contribution is 9.13. The van der Waals surface area contributed by atoms with Gasteiger partial charge in [-0.1, -0.05) is 6.07 Å². The Morgan fingerprint density at radius 3 is 2.95 bits per heavy atom. The zero-order chi connectivity index (χ0) is 14.1. The molecule has 0 saturated carbocycles. The minimum atomic E-state index is 0.205. The van der Waals surface area contributed by atoms with E-state index in [0.717, 1.165) is 40.1 Å². The van der Waals surface area contributed by atoms with Gasteiger partial charge in [0.2, 0.25) is 0 Å². The van der Waals surface area contributed by atoms with Gasteiger partial charge in [-0.3, -0.25) is 0 Å². The molecular weight excluding hydrogens is 384 g/mol. The van der Waals surface area contributed by atoms with Crippen molar-refractivity contribution in [3.05, 3.63) is 44.4 Å². The fraction of sp³-hybridized carbons (Fsp3) is 0.429. The van der Waals surface area contributed by atoms with Crippen LogP contribution in [0.15, 0.2) is 27.1 Å². The molecule has 2 aromatic rings. The second-order valence-electron chi connectivity index (χ2n) is 5.08. The van der Waals surface area contributed by atoms with Crippen molar-refractivity contribution < 1.29 is 0 Å². The number of hydrogen-bond donors (Lipinski definition) is 1. The Bertz CT molecular complexity index is 624. The molecule has 1 aliphatic heterocycles. The average Bonchev–Trinajstić information content (AvgIpc) is 3.02. The summed E-state index contributed by atoms with van der Waals surface area (Å²) in [6.07, 6.45) is 2.24. The molecule has 0 saturated heterocycles. The molecule has 0 radical (unpaired) electrons. The van der Waals surface area contributed by atoms with Crippen LogP contribution < -0.4 is 5.32 Å². The second-order valence-corrected chi connectivity index (χ2v) is 6.79. The topological polar surface area (TPSA) is 42.7 Å². The lowest BCUT2D eigenvalue weighted by Gasteiger charge is -2.14. The number of halogens is 2. The first-order valence-electron chi connectivity index (χ1n) is 6.74. The molecular formula is C14H16Br2N4. The van der Waals surface area contributed by atoms with Gasteiger partial charge in [0, 0.05) is 28.5 Å². The largest absolute Gasteiger partial charge is 0.314 e. The van der Waals surface area contributed by atoms with E-state index in [-0.39, 0.29) is 6.04 Å². The summed E-state index contributed by atoms with van der Waals surface area (Å²) < 4.78 is 4.40. The molecule has 6 heteroatoms. The van der Waals surface area contributed by atoms with Gasteiger partial charge in [0.05, 0.1) is 6.04 Å². The maximum atomic E-state index is 4.32. The zero-order valence-corrected chi connectivity index (χ0v) is 14.4. The molecule has 1 aromatic carbocycles. The first kappa shape index (κ1) is 14.2. The molecule has 0 aliphatic carbocycles. The summed E-state index contributed by atoms with van der Waals surface area (Å²) in [6.45, 7) is 4.01. The summed E-state index contributed by atoms with van der Waals surface area (Å²) in [5.74, 6) is 2.17. The van der Waals surface area contributed by atoms with Gasteiger partial charge in [0.25, 0.3) is 0 Å². The molecule has 0 fully saturated rings. The lowest BCUT2D eigenvalue weighted by molar-refractivity contribution is 0.516. The summed E-state index contributed by atoms with van der Waals surface area (Å²) >= 11 is 7.02. The van der Waals surface area contributed by atoms with E-state index in [9.17, 15) is 0 Å². The molecule has 1 N–H and O–H groups in total. The number of nitrogens with one attached hydrogen (secondary N) is 1. The van der Waals surface area contributed by atoms with E-state index in [1.165, 1.54) is 12.0 Å². The van der Waals surface area contributed by atoms with E-state index in [1.807, 2.05) is 0 Å². The number of hydrogen-bond acceptors (Lipinski definition) is 3. The zero-order valence-electron chi connectivity index (χ0n) is 11.2. The van der Waals surface area contributed by atoms with Crippen LogP contribution in [-0.2, 0) is 19.5 Å². The smallest absolute Gasteiger partial charge is 0.149 e. The van der Waals surface area contributed by atoms with E-state index in [0.29, 0.717) is 0 Å². The van der Waals surface area contributed by atoms with Crippen molar-refractivity contribution in [3.63, 3.8) is 0 Å². The van der Waals surface area contributed by atoms with Crippen LogP contribution in [0.2, 0.25) is 0 Å². The molecule has 2 heterocycles. The number of nitrogens with zero attached hydrogens (tertiary/aromatic N) is 3. The van der Waals surface area contributed by atoms with Crippen LogP contribution in [0.5, 0.6) is 0 Å². The van der Waals surface area contributed by atoms with Crippen LogP contribution in [0.3, 0.4) is 0 Å². The van der Waals surface area contributed by atoms with Gasteiger partial charge in [-0.05, 0) is 62.9 Å². The van der Waals surface area contributed by atoms with Crippen molar-refractivity contribution in [3.8, 4) is 0 Å². The monoisotopic (exact) mass is 398 g/mol. The van der Waals surface area contributed by atoms with Gasteiger partial charge in [0.1, 0.15) is 11.6 Å². The van der Waals surface area contributed by atoms with Crippen molar-refractivity contribution >= 4 is 31.9 Å². The predicted octanol–water partition coefficient (Wildman–Crippen LogP) is 3.60. The molecule has 1 atom stereocenters. The normalized spacial score (nSPS) is 15.3. The molecule has 0 bridgehead atoms. The molecule has 4 nitrogen and oxygen atoms in total. The number of aromatic nitrogens is 3. The third-order valence-electron chi connectivity index (χ3n) is 3.62. The van der Waals surface area contributed by atoms with Crippen molar-refractivity contribution in [2.75, 3.05) is 0 Å². The molecule has 106 valence electrons. The fourth-order valence-corrected chi connectivity index (χ4v) is 3.18. The summed E-state index contributed by atoms with van der Waals surface area (Å²) in [7, 11) is 0. The van der Waals surface area contributed by atoms with Gasteiger partial charge >= 0.3 is 0 Å². The Balaban J connectivity index is 1.67. The van der Waals surface area contributed by atoms with E-state index in [2.05, 4.69) is 77.1 Å². The maximum absolute atomic E-state index is 4.32. The molecule has 20 heavy (non-hydrogen) atoms. The Labute approximate surface area is 135 Å². The van der Waals surface area contributed by atoms with Crippen LogP contribution in [0.25, 0.3) is 0 Å². The van der Waals surface area contributed by atoms with E-state index in [1.54, 1.807) is 0 Å². The maximum Gasteiger partial charge on any atom is 0.149 e. The van der Waals surface area contributed by atoms with Crippen LogP contribution in [0.1, 0.15) is 36.6 Å². The molecule has 3 rings (SSSR count). The quantitative estimate of drug-likeness (QED) is 0.853. The van der Waals surface area contributed by atoms with Gasteiger partial charge in [-0.25, -0.2) is 0 Å². The SMILES string of the molecule is CC(NCc1ccc(Br)c(Br)c1)c1nnc2n1CCC2. The van der Waals surface area contributed by atoms with Crippen molar-refractivity contribution in [2.24, 2.45) is 0 Å². The Kier molecular flexibility index (Phi) is 4.23. The number of fused-ring (bicyclic) bond motifs is 1. The molecule has 1 aromatic heterocycles. The number of benzene rings is 1. The number of rotatable bonds is 4. The highest BCUT2D eigenvalue weighted by Crippen LogP contribution is 2.24. The van der Waals surface area contributed by atoms with Crippen molar-refractivity contribution in [1.82, 2.24) is 20.1 Å². The van der Waals surface area contributed by atoms with Gasteiger partial charge < -0.3 is 9.88 Å². The van der Waals surface area contributed by atoms with Crippen LogP contribution in [0.4, 0.5) is 0 Å². The van der Waals surface area contributed by atoms with E-state index >= 15 is 0 Å². The molecule has 1 aliphatic rings. The molecule has 0 spiro atoms. The van der Waals surface area contributed by atoms with Gasteiger partial charge in [-0.2, -0.15) is 0 Å². The first-order valence-corrected chi connectivity index (χ1v) is 8.33. The second kappa shape index (κ2) is 5.95. The number of aryl methyl sites for hydroxylation is 1. The van der Waals surface area contributed by atoms with Crippen LogP contribution in [-0.4, -0.2) is 14.8 Å². The average molecular weight is 400 g/mol. The van der Waals surface area contributed by atoms with E-state index in [4.69, 9.17) is 0 Å². The Morgan fingerprint density at radius 1 is 1.30 bits per heavy atom. The van der Waals surface area contributed by atoms with Crippen LogP contribution >= 0.6 is 31.9 Å². The van der Waals surface area contributed by atoms with Crippen molar-refractivity contribution in [1.29, 1.82) is 0 Å². The molecule has 1 unspecified atom stereocenters. The first-order chi connectivity index (χ1) is 9.65. The summed E-state index contributed by atoms with van der Waals surface area (Å²) in [6, 6.07) is 6.50. The summed E-state index contributed by atoms with van der Waals surface area (Å²) in [5.41, 5.74) is 1.24. The third-order valence-corrected chi connectivity index (χ3v) is 5.50. The van der Waals surface area contributed by atoms with Crippen molar-refractivity contribution in [2.45, 2.75) is 38.9 Å². The van der Waals surface area contributed by atoms with E-state index < -0.39 is 0 Å². The highest BCUT2D eigenvalue weighted by atomic mass is 79.9. The molecule has 0 amide bonds. The fourth-order valence-electron chi connectivity index (χ4n) is 2.51. The predicted molar refractivity (Wildman–Crippen MR) is 85.4 cm³/mol. The lowest BCUT2D eigenvalue weighted by atomic mass is 10.2. The Morgan fingerprint density at radius 2 is 2.15 bits per heavy atom. The minimum Gasteiger partial charge on any atom is -0.314 e. The summed E-state index contributed by atoms with van der Waals surface area (Å²) in [5, 5.41) is 12.1. The summed E-state index contributed by atoms with van der Waals surface area (Å²) in [4.78, 5) is 0.